The van der Waals surface area contributed by atoms with Gasteiger partial charge in [0.1, 0.15) is 0 Å². The Kier molecular flexibility index (Phi) is 5.40. The average Bonchev–Trinajstić information content (AvgIpc) is 3.21. The summed E-state index contributed by atoms with van der Waals surface area (Å²) >= 11 is 6.62. The predicted molar refractivity (Wildman–Crippen MR) is 96.6 cm³/mol. The molecule has 1 N–H and O–H groups in total. The largest absolute Gasteiger partial charge is 0.444 e. The minimum Gasteiger partial charge on any atom is -0.444 e. The third-order valence-electron chi connectivity index (χ3n) is 4.00. The van der Waals surface area contributed by atoms with Crippen LogP contribution in [0.2, 0.25) is 0 Å². The lowest BCUT2D eigenvalue weighted by molar-refractivity contribution is -0.131. The van der Waals surface area contributed by atoms with Crippen LogP contribution < -0.4 is 5.32 Å². The number of carbonyl (C=O) groups excluding carboxylic acids is 2. The predicted octanol–water partition coefficient (Wildman–Crippen LogP) is 3.90. The van der Waals surface area contributed by atoms with Gasteiger partial charge in [-0.1, -0.05) is 28.1 Å². The van der Waals surface area contributed by atoms with Crippen LogP contribution in [0, 0.1) is 0 Å². The molecule has 0 saturated carbocycles. The second-order valence-electron chi connectivity index (χ2n) is 5.59. The second kappa shape index (κ2) is 7.53. The van der Waals surface area contributed by atoms with Crippen LogP contribution in [0.25, 0.3) is 0 Å². The van der Waals surface area contributed by atoms with Crippen LogP contribution >= 0.6 is 31.9 Å². The van der Waals surface area contributed by atoms with Gasteiger partial charge in [-0.3, -0.25) is 9.59 Å². The number of amides is 2. The topological polar surface area (TPSA) is 62.6 Å². The lowest BCUT2D eigenvalue weighted by Gasteiger charge is -2.25. The molecule has 1 aromatic heterocycles. The molecule has 5 nitrogen and oxygen atoms in total. The third kappa shape index (κ3) is 3.89. The van der Waals surface area contributed by atoms with Crippen molar-refractivity contribution in [2.45, 2.75) is 18.9 Å². The average molecular weight is 456 g/mol. The van der Waals surface area contributed by atoms with Gasteiger partial charge in [0.25, 0.3) is 5.91 Å². The van der Waals surface area contributed by atoms with E-state index in [1.54, 1.807) is 12.1 Å². The lowest BCUT2D eigenvalue weighted by Crippen LogP contribution is -2.39. The molecule has 2 aromatic rings. The minimum absolute atomic E-state index is 0.0400. The summed E-state index contributed by atoms with van der Waals surface area (Å²) in [5.74, 6) is -0.302. The highest BCUT2D eigenvalue weighted by molar-refractivity contribution is 9.10. The Morgan fingerprint density at radius 1 is 1.25 bits per heavy atom. The first-order valence-electron chi connectivity index (χ1n) is 7.63. The van der Waals surface area contributed by atoms with E-state index in [0.717, 1.165) is 22.9 Å². The molecule has 1 aliphatic rings. The maximum absolute atomic E-state index is 12.5. The minimum atomic E-state index is -0.396. The number of nitrogens with zero attached hydrogens (tertiary/aromatic N) is 1. The molecular formula is C17H16Br2N2O3. The van der Waals surface area contributed by atoms with Crippen LogP contribution in [-0.4, -0.2) is 29.8 Å². The second-order valence-corrected chi connectivity index (χ2v) is 7.28. The molecule has 1 unspecified atom stereocenters. The Labute approximate surface area is 156 Å². The molecular weight excluding hydrogens is 440 g/mol. The summed E-state index contributed by atoms with van der Waals surface area (Å²) in [6, 6.07) is 11.3. The van der Waals surface area contributed by atoms with E-state index in [2.05, 4.69) is 37.2 Å². The Balaban J connectivity index is 1.62. The first-order valence-corrected chi connectivity index (χ1v) is 9.21. The van der Waals surface area contributed by atoms with Crippen LogP contribution in [0.4, 0.5) is 0 Å². The van der Waals surface area contributed by atoms with Crippen LogP contribution in [0.1, 0.15) is 35.0 Å². The molecule has 126 valence electrons. The molecule has 7 heteroatoms. The van der Waals surface area contributed by atoms with Crippen LogP contribution in [-0.2, 0) is 4.79 Å². The SMILES string of the molecule is O=C(NCC(=O)N1CCCC1c1cccc(Br)c1)c1ccc(Br)o1. The number of furan rings is 1. The molecule has 2 heterocycles. The maximum Gasteiger partial charge on any atom is 0.287 e. The number of nitrogens with one attached hydrogen (secondary N) is 1. The van der Waals surface area contributed by atoms with E-state index in [1.165, 1.54) is 0 Å². The molecule has 1 fully saturated rings. The van der Waals surface area contributed by atoms with Crippen molar-refractivity contribution in [3.63, 3.8) is 0 Å². The maximum atomic E-state index is 12.5. The summed E-state index contributed by atoms with van der Waals surface area (Å²) in [6.45, 7) is 0.667. The van der Waals surface area contributed by atoms with E-state index < -0.39 is 5.91 Å². The molecule has 1 aliphatic heterocycles. The number of halogens is 2. The van der Waals surface area contributed by atoms with E-state index in [4.69, 9.17) is 4.42 Å². The van der Waals surface area contributed by atoms with E-state index in [-0.39, 0.29) is 24.3 Å². The van der Waals surface area contributed by atoms with Gasteiger partial charge in [-0.15, -0.1) is 0 Å². The first-order chi connectivity index (χ1) is 11.5. The first kappa shape index (κ1) is 17.2. The highest BCUT2D eigenvalue weighted by Gasteiger charge is 2.30. The van der Waals surface area contributed by atoms with Crippen molar-refractivity contribution in [2.24, 2.45) is 0 Å². The van der Waals surface area contributed by atoms with Crippen molar-refractivity contribution < 1.29 is 14.0 Å². The summed E-state index contributed by atoms with van der Waals surface area (Å²) in [6.07, 6.45) is 1.89. The number of carbonyl (C=O) groups is 2. The smallest absolute Gasteiger partial charge is 0.287 e. The van der Waals surface area contributed by atoms with Gasteiger partial charge in [0.2, 0.25) is 5.91 Å². The summed E-state index contributed by atoms with van der Waals surface area (Å²) in [5, 5.41) is 2.62. The quantitative estimate of drug-likeness (QED) is 0.760. The highest BCUT2D eigenvalue weighted by atomic mass is 79.9. The molecule has 1 saturated heterocycles. The summed E-state index contributed by atoms with van der Waals surface area (Å²) < 4.78 is 6.66. The summed E-state index contributed by atoms with van der Waals surface area (Å²) in [5.41, 5.74) is 1.11. The van der Waals surface area contributed by atoms with Gasteiger partial charge in [-0.05, 0) is 58.6 Å². The van der Waals surface area contributed by atoms with Gasteiger partial charge in [0.15, 0.2) is 10.4 Å². The van der Waals surface area contributed by atoms with Gasteiger partial charge < -0.3 is 14.6 Å². The Morgan fingerprint density at radius 2 is 2.08 bits per heavy atom. The van der Waals surface area contributed by atoms with Crippen LogP contribution in [0.5, 0.6) is 0 Å². The molecule has 2 amide bonds. The number of hydrogen-bond donors (Lipinski definition) is 1. The van der Waals surface area contributed by atoms with E-state index >= 15 is 0 Å². The molecule has 1 atom stereocenters. The molecule has 0 aliphatic carbocycles. The monoisotopic (exact) mass is 454 g/mol. The molecule has 0 radical (unpaired) electrons. The van der Waals surface area contributed by atoms with E-state index in [9.17, 15) is 9.59 Å². The number of likely N-dealkylation sites (tertiary alicyclic amines) is 1. The van der Waals surface area contributed by atoms with E-state index in [0.29, 0.717) is 11.2 Å². The lowest BCUT2D eigenvalue weighted by atomic mass is 10.0. The standard InChI is InChI=1S/C17H16Br2N2O3/c18-12-4-1-3-11(9-12)13-5-2-8-21(13)16(22)10-20-17(23)14-6-7-15(19)24-14/h1,3-4,6-7,9,13H,2,5,8,10H2,(H,20,23). The molecule has 1 aromatic carbocycles. The van der Waals surface area contributed by atoms with Gasteiger partial charge in [0.05, 0.1) is 12.6 Å². The zero-order valence-electron chi connectivity index (χ0n) is 12.8. The number of rotatable bonds is 4. The van der Waals surface area contributed by atoms with Gasteiger partial charge in [0, 0.05) is 11.0 Å². The van der Waals surface area contributed by atoms with Crippen LogP contribution in [0.15, 0.2) is 50.0 Å². The normalized spacial score (nSPS) is 17.1. The van der Waals surface area contributed by atoms with E-state index in [1.807, 2.05) is 29.2 Å². The molecule has 0 bridgehead atoms. The Hall–Kier alpha value is -1.60. The summed E-state index contributed by atoms with van der Waals surface area (Å²) in [4.78, 5) is 26.3. The zero-order chi connectivity index (χ0) is 17.1. The van der Waals surface area contributed by atoms with Crippen molar-refractivity contribution in [2.75, 3.05) is 13.1 Å². The van der Waals surface area contributed by atoms with Crippen molar-refractivity contribution >= 4 is 43.7 Å². The fourth-order valence-electron chi connectivity index (χ4n) is 2.91. The van der Waals surface area contributed by atoms with Gasteiger partial charge in [-0.2, -0.15) is 0 Å². The zero-order valence-corrected chi connectivity index (χ0v) is 16.0. The van der Waals surface area contributed by atoms with Gasteiger partial charge >= 0.3 is 0 Å². The van der Waals surface area contributed by atoms with Crippen molar-refractivity contribution in [3.05, 3.63) is 56.9 Å². The van der Waals surface area contributed by atoms with Crippen molar-refractivity contribution in [3.8, 4) is 0 Å². The fraction of sp³-hybridized carbons (Fsp3) is 0.294. The fourth-order valence-corrected chi connectivity index (χ4v) is 3.63. The Bertz CT molecular complexity index is 760. The van der Waals surface area contributed by atoms with Crippen molar-refractivity contribution in [1.29, 1.82) is 0 Å². The third-order valence-corrected chi connectivity index (χ3v) is 4.92. The van der Waals surface area contributed by atoms with Crippen LogP contribution in [0.3, 0.4) is 0 Å². The molecule has 24 heavy (non-hydrogen) atoms. The number of hydrogen-bond acceptors (Lipinski definition) is 3. The van der Waals surface area contributed by atoms with Gasteiger partial charge in [-0.25, -0.2) is 0 Å². The highest BCUT2D eigenvalue weighted by Crippen LogP contribution is 2.32. The Morgan fingerprint density at radius 3 is 2.79 bits per heavy atom. The molecule has 3 rings (SSSR count). The summed E-state index contributed by atoms with van der Waals surface area (Å²) in [7, 11) is 0. The number of benzene rings is 1. The molecule has 0 spiro atoms. The van der Waals surface area contributed by atoms with Crippen molar-refractivity contribution in [1.82, 2.24) is 10.2 Å².